The second kappa shape index (κ2) is 6.04. The smallest absolute Gasteiger partial charge is 0.223 e. The Kier molecular flexibility index (Phi) is 5.00. The van der Waals surface area contributed by atoms with E-state index in [1.54, 1.807) is 0 Å². The third kappa shape index (κ3) is 3.63. The second-order valence-corrected chi connectivity index (χ2v) is 5.09. The molecule has 1 aromatic carbocycles. The molecule has 0 aliphatic rings. The van der Waals surface area contributed by atoms with Gasteiger partial charge in [0.15, 0.2) is 0 Å². The van der Waals surface area contributed by atoms with Crippen LogP contribution in [0.4, 0.5) is 0 Å². The maximum absolute atomic E-state index is 11.6. The van der Waals surface area contributed by atoms with Crippen LogP contribution in [0.2, 0.25) is 0 Å². The van der Waals surface area contributed by atoms with E-state index in [9.17, 15) is 4.79 Å². The van der Waals surface area contributed by atoms with Gasteiger partial charge in [-0.25, -0.2) is 0 Å². The molecule has 1 N–H and O–H groups in total. The Hall–Kier alpha value is -0.830. The van der Waals surface area contributed by atoms with Gasteiger partial charge in [0.2, 0.25) is 5.91 Å². The molecule has 16 heavy (non-hydrogen) atoms. The van der Waals surface area contributed by atoms with Crippen LogP contribution in [0.25, 0.3) is 0 Å². The maximum Gasteiger partial charge on any atom is 0.223 e. The summed E-state index contributed by atoms with van der Waals surface area (Å²) >= 11 is 3.40. The zero-order valence-corrected chi connectivity index (χ0v) is 11.5. The van der Waals surface area contributed by atoms with Gasteiger partial charge in [0.1, 0.15) is 0 Å². The summed E-state index contributed by atoms with van der Waals surface area (Å²) < 4.78 is 1.06. The molecule has 0 fully saturated rings. The number of benzene rings is 1. The summed E-state index contributed by atoms with van der Waals surface area (Å²) in [6, 6.07) is 8.19. The molecule has 0 saturated heterocycles. The summed E-state index contributed by atoms with van der Waals surface area (Å²) in [5.74, 6) is 0.138. The number of hydrogen-bond acceptors (Lipinski definition) is 1. The fourth-order valence-corrected chi connectivity index (χ4v) is 1.72. The first-order valence-electron chi connectivity index (χ1n) is 5.60. The number of hydrogen-bond donors (Lipinski definition) is 1. The van der Waals surface area contributed by atoms with Crippen molar-refractivity contribution in [1.29, 1.82) is 0 Å². The van der Waals surface area contributed by atoms with Crippen LogP contribution in [-0.4, -0.2) is 5.91 Å². The van der Waals surface area contributed by atoms with Crippen LogP contribution >= 0.6 is 15.9 Å². The molecule has 0 aromatic heterocycles. The number of rotatable bonds is 4. The third-order valence-electron chi connectivity index (χ3n) is 2.52. The van der Waals surface area contributed by atoms with E-state index in [-0.39, 0.29) is 17.9 Å². The van der Waals surface area contributed by atoms with Crippen molar-refractivity contribution >= 4 is 21.8 Å². The van der Waals surface area contributed by atoms with Gasteiger partial charge in [-0.3, -0.25) is 4.79 Å². The van der Waals surface area contributed by atoms with Crippen molar-refractivity contribution in [3.63, 3.8) is 0 Å². The third-order valence-corrected chi connectivity index (χ3v) is 3.05. The number of halogens is 1. The van der Waals surface area contributed by atoms with Gasteiger partial charge in [-0.05, 0) is 24.1 Å². The van der Waals surface area contributed by atoms with E-state index in [2.05, 4.69) is 28.2 Å². The Bertz CT molecular complexity index is 345. The van der Waals surface area contributed by atoms with Crippen molar-refractivity contribution < 1.29 is 4.79 Å². The largest absolute Gasteiger partial charge is 0.349 e. The van der Waals surface area contributed by atoms with Gasteiger partial charge in [0.25, 0.3) is 0 Å². The lowest BCUT2D eigenvalue weighted by molar-refractivity contribution is -0.124. The van der Waals surface area contributed by atoms with E-state index in [4.69, 9.17) is 0 Å². The van der Waals surface area contributed by atoms with Crippen molar-refractivity contribution in [2.75, 3.05) is 0 Å². The predicted octanol–water partition coefficient (Wildman–Crippen LogP) is 3.67. The average Bonchev–Trinajstić information content (AvgIpc) is 2.26. The van der Waals surface area contributed by atoms with Crippen molar-refractivity contribution in [2.45, 2.75) is 33.2 Å². The summed E-state index contributed by atoms with van der Waals surface area (Å²) in [6.07, 6.45) is 0.903. The molecule has 0 spiro atoms. The molecule has 1 aromatic rings. The van der Waals surface area contributed by atoms with Crippen molar-refractivity contribution in [2.24, 2.45) is 5.92 Å². The molecule has 3 heteroatoms. The molecule has 1 atom stereocenters. The predicted molar refractivity (Wildman–Crippen MR) is 70.2 cm³/mol. The molecule has 0 bridgehead atoms. The van der Waals surface area contributed by atoms with Crippen molar-refractivity contribution in [3.05, 3.63) is 34.3 Å². The van der Waals surface area contributed by atoms with Gasteiger partial charge in [0.05, 0.1) is 6.04 Å². The number of carbonyl (C=O) groups excluding carboxylic acids is 1. The molecule has 1 amide bonds. The van der Waals surface area contributed by atoms with Gasteiger partial charge in [-0.2, -0.15) is 0 Å². The Morgan fingerprint density at radius 1 is 1.31 bits per heavy atom. The molecular formula is C13H18BrNO. The lowest BCUT2D eigenvalue weighted by atomic mass is 10.0. The van der Waals surface area contributed by atoms with Crippen LogP contribution in [0.1, 0.15) is 38.8 Å². The highest BCUT2D eigenvalue weighted by atomic mass is 79.9. The highest BCUT2D eigenvalue weighted by molar-refractivity contribution is 9.10. The number of nitrogens with one attached hydrogen (secondary N) is 1. The Morgan fingerprint density at radius 3 is 2.31 bits per heavy atom. The Labute approximate surface area is 106 Å². The highest BCUT2D eigenvalue weighted by Gasteiger charge is 2.14. The lowest BCUT2D eigenvalue weighted by Gasteiger charge is -2.18. The first-order chi connectivity index (χ1) is 7.54. The molecule has 0 aliphatic heterocycles. The first kappa shape index (κ1) is 13.2. The monoisotopic (exact) mass is 283 g/mol. The molecule has 0 saturated carbocycles. The molecule has 0 heterocycles. The molecule has 1 rings (SSSR count). The van der Waals surface area contributed by atoms with Crippen LogP contribution in [-0.2, 0) is 4.79 Å². The summed E-state index contributed by atoms with van der Waals surface area (Å²) in [7, 11) is 0. The van der Waals surface area contributed by atoms with Gasteiger partial charge < -0.3 is 5.32 Å². The topological polar surface area (TPSA) is 29.1 Å². The second-order valence-electron chi connectivity index (χ2n) is 4.18. The van der Waals surface area contributed by atoms with Crippen LogP contribution in [0.5, 0.6) is 0 Å². The van der Waals surface area contributed by atoms with E-state index in [0.717, 1.165) is 16.5 Å². The molecule has 0 radical (unpaired) electrons. The summed E-state index contributed by atoms with van der Waals surface area (Å²) in [5.41, 5.74) is 1.15. The standard InChI is InChI=1S/C13H18BrNO/c1-4-12(15-13(16)9(2)3)10-5-7-11(14)8-6-10/h5-9,12H,4H2,1-3H3,(H,15,16). The highest BCUT2D eigenvalue weighted by Crippen LogP contribution is 2.19. The van der Waals surface area contributed by atoms with Crippen molar-refractivity contribution in [1.82, 2.24) is 5.32 Å². The van der Waals surface area contributed by atoms with Gasteiger partial charge in [-0.15, -0.1) is 0 Å². The minimum atomic E-state index is 0.0319. The zero-order chi connectivity index (χ0) is 12.1. The van der Waals surface area contributed by atoms with Gasteiger partial charge >= 0.3 is 0 Å². The van der Waals surface area contributed by atoms with E-state index < -0.39 is 0 Å². The van der Waals surface area contributed by atoms with Gasteiger partial charge in [0, 0.05) is 10.4 Å². The minimum absolute atomic E-state index is 0.0319. The molecule has 2 nitrogen and oxygen atoms in total. The van der Waals surface area contributed by atoms with Crippen LogP contribution in [0, 0.1) is 5.92 Å². The zero-order valence-electron chi connectivity index (χ0n) is 9.96. The van der Waals surface area contributed by atoms with E-state index in [0.29, 0.717) is 0 Å². The molecule has 88 valence electrons. The van der Waals surface area contributed by atoms with Gasteiger partial charge in [-0.1, -0.05) is 48.8 Å². The number of carbonyl (C=O) groups is 1. The molecule has 0 aliphatic carbocycles. The van der Waals surface area contributed by atoms with Crippen LogP contribution in [0.3, 0.4) is 0 Å². The quantitative estimate of drug-likeness (QED) is 0.898. The SMILES string of the molecule is CCC(NC(=O)C(C)C)c1ccc(Br)cc1. The van der Waals surface area contributed by atoms with Crippen LogP contribution in [0.15, 0.2) is 28.7 Å². The number of amides is 1. The van der Waals surface area contributed by atoms with Crippen molar-refractivity contribution in [3.8, 4) is 0 Å². The first-order valence-corrected chi connectivity index (χ1v) is 6.39. The van der Waals surface area contributed by atoms with E-state index in [1.807, 2.05) is 38.1 Å². The van der Waals surface area contributed by atoms with E-state index >= 15 is 0 Å². The molecule has 1 unspecified atom stereocenters. The minimum Gasteiger partial charge on any atom is -0.349 e. The molecular weight excluding hydrogens is 266 g/mol. The normalized spacial score (nSPS) is 12.6. The maximum atomic E-state index is 11.6. The fourth-order valence-electron chi connectivity index (χ4n) is 1.45. The summed E-state index contributed by atoms with van der Waals surface area (Å²) in [5, 5.41) is 3.05. The lowest BCUT2D eigenvalue weighted by Crippen LogP contribution is -2.31. The Morgan fingerprint density at radius 2 is 1.88 bits per heavy atom. The van der Waals surface area contributed by atoms with E-state index in [1.165, 1.54) is 0 Å². The average molecular weight is 284 g/mol. The Balaban J connectivity index is 2.74. The summed E-state index contributed by atoms with van der Waals surface area (Å²) in [4.78, 5) is 11.6. The van der Waals surface area contributed by atoms with Crippen LogP contribution < -0.4 is 5.32 Å². The fraction of sp³-hybridized carbons (Fsp3) is 0.462. The summed E-state index contributed by atoms with van der Waals surface area (Å²) in [6.45, 7) is 5.89.